The van der Waals surface area contributed by atoms with Gasteiger partial charge in [0.1, 0.15) is 5.82 Å². The van der Waals surface area contributed by atoms with Gasteiger partial charge in [0.25, 0.3) is 0 Å². The molecule has 0 unspecified atom stereocenters. The molecule has 2 rings (SSSR count). The number of benzene rings is 2. The lowest BCUT2D eigenvalue weighted by Crippen LogP contribution is -2.19. The number of hydrogen-bond donors (Lipinski definition) is 1. The van der Waals surface area contributed by atoms with Crippen LogP contribution in [-0.4, -0.2) is 11.7 Å². The minimum atomic E-state index is -0.700. The zero-order valence-electron chi connectivity index (χ0n) is 12.0. The van der Waals surface area contributed by atoms with Crippen molar-refractivity contribution >= 4 is 11.4 Å². The van der Waals surface area contributed by atoms with Crippen molar-refractivity contribution in [3.63, 3.8) is 0 Å². The van der Waals surface area contributed by atoms with E-state index in [9.17, 15) is 9.50 Å². The van der Waals surface area contributed by atoms with Gasteiger partial charge in [-0.05, 0) is 38.1 Å². The Labute approximate surface area is 123 Å². The summed E-state index contributed by atoms with van der Waals surface area (Å²) in [5.74, 6) is -0.335. The molecule has 0 aromatic heterocycles. The highest BCUT2D eigenvalue weighted by Crippen LogP contribution is 2.34. The van der Waals surface area contributed by atoms with Crippen molar-refractivity contribution in [3.05, 3.63) is 59.4 Å². The Morgan fingerprint density at radius 3 is 2.52 bits per heavy atom. The molecule has 0 saturated heterocycles. The maximum Gasteiger partial charge on any atom is 0.146 e. The molecule has 0 heterocycles. The van der Waals surface area contributed by atoms with Gasteiger partial charge >= 0.3 is 0 Å². The number of halogens is 1. The Balaban J connectivity index is 2.61. The van der Waals surface area contributed by atoms with Gasteiger partial charge < -0.3 is 10.0 Å². The predicted molar refractivity (Wildman–Crippen MR) is 80.9 cm³/mol. The summed E-state index contributed by atoms with van der Waals surface area (Å²) in [6.07, 6.45) is -0.700. The number of aliphatic hydroxyl groups excluding tert-OH is 1. The van der Waals surface area contributed by atoms with Gasteiger partial charge in [0, 0.05) is 17.8 Å². The first-order chi connectivity index (χ1) is 10.1. The lowest BCUT2D eigenvalue weighted by molar-refractivity contribution is 0.199. The molecule has 21 heavy (non-hydrogen) atoms. The number of nitriles is 1. The first-order valence-corrected chi connectivity index (χ1v) is 6.82. The van der Waals surface area contributed by atoms with Crippen molar-refractivity contribution in [1.82, 2.24) is 0 Å². The third-order valence-electron chi connectivity index (χ3n) is 3.36. The molecular formula is C17H17FN2O. The van der Waals surface area contributed by atoms with Crippen molar-refractivity contribution in [1.29, 1.82) is 5.26 Å². The van der Waals surface area contributed by atoms with E-state index < -0.39 is 6.10 Å². The van der Waals surface area contributed by atoms with E-state index in [2.05, 4.69) is 6.07 Å². The summed E-state index contributed by atoms with van der Waals surface area (Å²) < 4.78 is 14.1. The Hall–Kier alpha value is -2.38. The number of anilines is 2. The van der Waals surface area contributed by atoms with Crippen LogP contribution in [0.5, 0.6) is 0 Å². The number of para-hydroxylation sites is 1. The quantitative estimate of drug-likeness (QED) is 0.926. The lowest BCUT2D eigenvalue weighted by atomic mass is 10.0. The van der Waals surface area contributed by atoms with Crippen molar-refractivity contribution < 1.29 is 9.50 Å². The summed E-state index contributed by atoms with van der Waals surface area (Å²) in [5.41, 5.74) is 2.22. The van der Waals surface area contributed by atoms with Gasteiger partial charge in [-0.15, -0.1) is 0 Å². The molecule has 3 nitrogen and oxygen atoms in total. The largest absolute Gasteiger partial charge is 0.389 e. The zero-order valence-corrected chi connectivity index (χ0v) is 12.0. The molecule has 108 valence electrons. The van der Waals surface area contributed by atoms with Crippen LogP contribution in [0, 0.1) is 17.1 Å². The summed E-state index contributed by atoms with van der Waals surface area (Å²) in [7, 11) is 0. The summed E-state index contributed by atoms with van der Waals surface area (Å²) in [6, 6.07) is 13.6. The smallest absolute Gasteiger partial charge is 0.146 e. The van der Waals surface area contributed by atoms with E-state index in [4.69, 9.17) is 5.26 Å². The van der Waals surface area contributed by atoms with E-state index in [1.807, 2.05) is 6.92 Å². The van der Waals surface area contributed by atoms with Gasteiger partial charge in [0.15, 0.2) is 0 Å². The van der Waals surface area contributed by atoms with Crippen LogP contribution in [0.2, 0.25) is 0 Å². The molecular weight excluding hydrogens is 267 g/mol. The van der Waals surface area contributed by atoms with Crippen molar-refractivity contribution in [2.75, 3.05) is 11.4 Å². The van der Waals surface area contributed by atoms with E-state index >= 15 is 0 Å². The van der Waals surface area contributed by atoms with Crippen LogP contribution in [0.15, 0.2) is 42.5 Å². The van der Waals surface area contributed by atoms with Crippen LogP contribution in [0.25, 0.3) is 0 Å². The maximum atomic E-state index is 14.1. The molecule has 0 aliphatic heterocycles. The Morgan fingerprint density at radius 2 is 1.95 bits per heavy atom. The molecule has 1 N–H and O–H groups in total. The minimum Gasteiger partial charge on any atom is -0.389 e. The standard InChI is InChI=1S/C17H17FN2O/c1-3-20(16-7-5-4-6-15(16)18)17-10-13(11-19)8-9-14(17)12(2)21/h4-10,12,21H,3H2,1-2H3/t12-/m0/s1. The zero-order chi connectivity index (χ0) is 15.4. The molecule has 2 aromatic rings. The Morgan fingerprint density at radius 1 is 1.24 bits per heavy atom. The van der Waals surface area contributed by atoms with Gasteiger partial charge in [-0.1, -0.05) is 18.2 Å². The van der Waals surface area contributed by atoms with Gasteiger partial charge in [-0.3, -0.25) is 0 Å². The highest BCUT2D eigenvalue weighted by atomic mass is 19.1. The Kier molecular flexibility index (Phi) is 4.56. The molecule has 0 aliphatic carbocycles. The molecule has 0 bridgehead atoms. The molecule has 0 fully saturated rings. The van der Waals surface area contributed by atoms with E-state index in [0.717, 1.165) is 0 Å². The fourth-order valence-electron chi connectivity index (χ4n) is 2.34. The summed E-state index contributed by atoms with van der Waals surface area (Å²) >= 11 is 0. The second-order valence-corrected chi connectivity index (χ2v) is 4.76. The van der Waals surface area contributed by atoms with E-state index in [0.29, 0.717) is 29.0 Å². The minimum absolute atomic E-state index is 0.335. The second kappa shape index (κ2) is 6.38. The number of hydrogen-bond acceptors (Lipinski definition) is 3. The van der Waals surface area contributed by atoms with Crippen LogP contribution < -0.4 is 4.90 Å². The van der Waals surface area contributed by atoms with E-state index in [-0.39, 0.29) is 5.82 Å². The molecule has 0 amide bonds. The SMILES string of the molecule is CCN(c1ccccc1F)c1cc(C#N)ccc1[C@H](C)O. The van der Waals surface area contributed by atoms with Crippen LogP contribution in [0.3, 0.4) is 0 Å². The summed E-state index contributed by atoms with van der Waals surface area (Å²) in [5, 5.41) is 19.0. The monoisotopic (exact) mass is 284 g/mol. The topological polar surface area (TPSA) is 47.3 Å². The molecule has 1 atom stereocenters. The lowest BCUT2D eigenvalue weighted by Gasteiger charge is -2.27. The molecule has 0 spiro atoms. The Bertz CT molecular complexity index is 677. The number of nitrogens with zero attached hydrogens (tertiary/aromatic N) is 2. The van der Waals surface area contributed by atoms with Crippen LogP contribution in [0.1, 0.15) is 31.1 Å². The fourth-order valence-corrected chi connectivity index (χ4v) is 2.34. The first-order valence-electron chi connectivity index (χ1n) is 6.82. The second-order valence-electron chi connectivity index (χ2n) is 4.76. The number of rotatable bonds is 4. The van der Waals surface area contributed by atoms with Crippen LogP contribution in [0.4, 0.5) is 15.8 Å². The van der Waals surface area contributed by atoms with Gasteiger partial charge in [-0.2, -0.15) is 5.26 Å². The highest BCUT2D eigenvalue weighted by Gasteiger charge is 2.18. The average Bonchev–Trinajstić information content (AvgIpc) is 2.49. The fraction of sp³-hybridized carbons (Fsp3) is 0.235. The van der Waals surface area contributed by atoms with Gasteiger partial charge in [0.05, 0.1) is 23.4 Å². The van der Waals surface area contributed by atoms with Crippen molar-refractivity contribution in [3.8, 4) is 6.07 Å². The molecule has 0 radical (unpaired) electrons. The molecule has 2 aromatic carbocycles. The molecule has 4 heteroatoms. The normalized spacial score (nSPS) is 11.8. The predicted octanol–water partition coefficient (Wildman–Crippen LogP) is 3.91. The first kappa shape index (κ1) is 15.0. The van der Waals surface area contributed by atoms with Crippen LogP contribution >= 0.6 is 0 Å². The van der Waals surface area contributed by atoms with Gasteiger partial charge in [0.2, 0.25) is 0 Å². The molecule has 0 saturated carbocycles. The maximum absolute atomic E-state index is 14.1. The summed E-state index contributed by atoms with van der Waals surface area (Å²) in [4.78, 5) is 1.76. The molecule has 0 aliphatic rings. The third-order valence-corrected chi connectivity index (χ3v) is 3.36. The van der Waals surface area contributed by atoms with Gasteiger partial charge in [-0.25, -0.2) is 4.39 Å². The highest BCUT2D eigenvalue weighted by molar-refractivity contribution is 5.69. The van der Waals surface area contributed by atoms with E-state index in [1.165, 1.54) is 6.07 Å². The third kappa shape index (κ3) is 3.04. The van der Waals surface area contributed by atoms with Crippen molar-refractivity contribution in [2.24, 2.45) is 0 Å². The summed E-state index contributed by atoms with van der Waals surface area (Å²) in [6.45, 7) is 4.08. The average molecular weight is 284 g/mol. The van der Waals surface area contributed by atoms with Crippen molar-refractivity contribution in [2.45, 2.75) is 20.0 Å². The van der Waals surface area contributed by atoms with Crippen LogP contribution in [-0.2, 0) is 0 Å². The van der Waals surface area contributed by atoms with E-state index in [1.54, 1.807) is 48.2 Å². The number of aliphatic hydroxyl groups is 1.